The van der Waals surface area contributed by atoms with Gasteiger partial charge in [-0.05, 0) is 68.0 Å². The zero-order valence-corrected chi connectivity index (χ0v) is 15.2. The first-order valence-electron chi connectivity index (χ1n) is 9.20. The maximum absolute atomic E-state index is 12.4. The Morgan fingerprint density at radius 3 is 2.11 bits per heavy atom. The molecule has 142 valence electrons. The second-order valence-electron chi connectivity index (χ2n) is 6.79. The van der Waals surface area contributed by atoms with Gasteiger partial charge in [0.1, 0.15) is 17.2 Å². The average Bonchev–Trinajstić information content (AvgIpc) is 2.69. The number of guanidine groups is 1. The van der Waals surface area contributed by atoms with Crippen LogP contribution in [0.4, 0.5) is 0 Å². The lowest BCUT2D eigenvalue weighted by Crippen LogP contribution is -2.28. The third kappa shape index (κ3) is 5.74. The Labute approximate surface area is 159 Å². The van der Waals surface area contributed by atoms with Crippen molar-refractivity contribution in [3.05, 3.63) is 54.6 Å². The van der Waals surface area contributed by atoms with Gasteiger partial charge in [-0.2, -0.15) is 0 Å². The first-order chi connectivity index (χ1) is 13.1. The van der Waals surface area contributed by atoms with Gasteiger partial charge in [0.25, 0.3) is 0 Å². The lowest BCUT2D eigenvalue weighted by atomic mass is 9.82. The monoisotopic (exact) mass is 367 g/mol. The van der Waals surface area contributed by atoms with Crippen LogP contribution < -0.4 is 20.9 Å². The van der Waals surface area contributed by atoms with Gasteiger partial charge in [-0.3, -0.25) is 9.79 Å². The molecule has 0 heterocycles. The summed E-state index contributed by atoms with van der Waals surface area (Å²) in [5.41, 5.74) is 10.7. The lowest BCUT2D eigenvalue weighted by molar-refractivity contribution is -0.140. The number of hydrogen-bond acceptors (Lipinski definition) is 4. The van der Waals surface area contributed by atoms with Crippen LogP contribution in [-0.2, 0) is 4.79 Å². The molecule has 0 saturated heterocycles. The Morgan fingerprint density at radius 2 is 1.48 bits per heavy atom. The minimum atomic E-state index is -0.174. The summed E-state index contributed by atoms with van der Waals surface area (Å²) in [5, 5.41) is 0. The van der Waals surface area contributed by atoms with Gasteiger partial charge in [-0.25, -0.2) is 0 Å². The number of carbonyl (C=O) groups excluding carboxylic acids is 1. The Hall–Kier alpha value is -3.02. The minimum Gasteiger partial charge on any atom is -0.457 e. The van der Waals surface area contributed by atoms with Gasteiger partial charge < -0.3 is 20.9 Å². The zero-order chi connectivity index (χ0) is 19.1. The van der Waals surface area contributed by atoms with Crippen molar-refractivity contribution in [3.8, 4) is 17.2 Å². The summed E-state index contributed by atoms with van der Waals surface area (Å²) in [7, 11) is 0. The molecule has 0 amide bonds. The summed E-state index contributed by atoms with van der Waals surface area (Å²) in [6.45, 7) is 0.632. The average molecular weight is 367 g/mol. The van der Waals surface area contributed by atoms with Crippen LogP contribution >= 0.6 is 0 Å². The SMILES string of the molecule is NC(N)=NCC1CCC(C(=O)Oc2ccc(Oc3ccccc3)cc2)CC1. The Kier molecular flexibility index (Phi) is 6.30. The molecule has 2 aromatic rings. The summed E-state index contributed by atoms with van der Waals surface area (Å²) in [6.07, 6.45) is 3.47. The topological polar surface area (TPSA) is 99.9 Å². The lowest BCUT2D eigenvalue weighted by Gasteiger charge is -2.26. The molecule has 1 aliphatic carbocycles. The Morgan fingerprint density at radius 1 is 0.889 bits per heavy atom. The number of benzene rings is 2. The van der Waals surface area contributed by atoms with Gasteiger partial charge in [-0.1, -0.05) is 18.2 Å². The summed E-state index contributed by atoms with van der Waals surface area (Å²) < 4.78 is 11.3. The van der Waals surface area contributed by atoms with Crippen molar-refractivity contribution < 1.29 is 14.3 Å². The highest BCUT2D eigenvalue weighted by Crippen LogP contribution is 2.31. The van der Waals surface area contributed by atoms with Crippen LogP contribution in [-0.4, -0.2) is 18.5 Å². The fraction of sp³-hybridized carbons (Fsp3) is 0.333. The number of para-hydroxylation sites is 1. The molecule has 1 fully saturated rings. The largest absolute Gasteiger partial charge is 0.457 e. The predicted octanol–water partition coefficient (Wildman–Crippen LogP) is 3.46. The summed E-state index contributed by atoms with van der Waals surface area (Å²) in [4.78, 5) is 16.5. The van der Waals surface area contributed by atoms with E-state index in [4.69, 9.17) is 20.9 Å². The van der Waals surface area contributed by atoms with E-state index in [0.717, 1.165) is 31.4 Å². The molecule has 0 aliphatic heterocycles. The van der Waals surface area contributed by atoms with Crippen molar-refractivity contribution in [2.75, 3.05) is 6.54 Å². The molecule has 0 atom stereocenters. The highest BCUT2D eigenvalue weighted by molar-refractivity contribution is 5.76. The molecule has 4 N–H and O–H groups in total. The number of ether oxygens (including phenoxy) is 2. The molecule has 0 unspecified atom stereocenters. The summed E-state index contributed by atoms with van der Waals surface area (Å²) in [5.74, 6) is 2.30. The van der Waals surface area contributed by atoms with E-state index < -0.39 is 0 Å². The van der Waals surface area contributed by atoms with E-state index in [-0.39, 0.29) is 17.8 Å². The van der Waals surface area contributed by atoms with Crippen LogP contribution in [0.3, 0.4) is 0 Å². The predicted molar refractivity (Wildman–Crippen MR) is 105 cm³/mol. The van der Waals surface area contributed by atoms with Gasteiger partial charge in [0, 0.05) is 6.54 Å². The van der Waals surface area contributed by atoms with E-state index in [1.54, 1.807) is 24.3 Å². The van der Waals surface area contributed by atoms with Crippen LogP contribution in [0.15, 0.2) is 59.6 Å². The Balaban J connectivity index is 1.48. The van der Waals surface area contributed by atoms with Crippen molar-refractivity contribution in [1.29, 1.82) is 0 Å². The van der Waals surface area contributed by atoms with Crippen LogP contribution in [0.25, 0.3) is 0 Å². The molecule has 6 heteroatoms. The standard InChI is InChI=1S/C21H25N3O3/c22-21(23)24-14-15-6-8-16(9-7-15)20(25)27-19-12-10-18(11-13-19)26-17-4-2-1-3-5-17/h1-5,10-13,15-16H,6-9,14H2,(H4,22,23,24). The smallest absolute Gasteiger partial charge is 0.314 e. The van der Waals surface area contributed by atoms with Crippen molar-refractivity contribution in [1.82, 2.24) is 0 Å². The molecule has 3 rings (SSSR count). The number of nitrogens with two attached hydrogens (primary N) is 2. The van der Waals surface area contributed by atoms with Gasteiger partial charge in [-0.15, -0.1) is 0 Å². The maximum Gasteiger partial charge on any atom is 0.314 e. The van der Waals surface area contributed by atoms with Crippen LogP contribution in [0.5, 0.6) is 17.2 Å². The molecular formula is C21H25N3O3. The number of esters is 1. The Bertz CT molecular complexity index is 763. The van der Waals surface area contributed by atoms with Crippen molar-refractivity contribution in [2.24, 2.45) is 28.3 Å². The van der Waals surface area contributed by atoms with Crippen LogP contribution in [0.1, 0.15) is 25.7 Å². The highest BCUT2D eigenvalue weighted by Gasteiger charge is 2.27. The zero-order valence-electron chi connectivity index (χ0n) is 15.2. The molecule has 6 nitrogen and oxygen atoms in total. The second-order valence-corrected chi connectivity index (χ2v) is 6.79. The van der Waals surface area contributed by atoms with Gasteiger partial charge in [0.15, 0.2) is 5.96 Å². The number of hydrogen-bond donors (Lipinski definition) is 2. The van der Waals surface area contributed by atoms with E-state index in [1.165, 1.54) is 0 Å². The third-order valence-electron chi connectivity index (χ3n) is 4.73. The third-order valence-corrected chi connectivity index (χ3v) is 4.73. The van der Waals surface area contributed by atoms with Crippen molar-refractivity contribution in [3.63, 3.8) is 0 Å². The van der Waals surface area contributed by atoms with Crippen LogP contribution in [0.2, 0.25) is 0 Å². The van der Waals surface area contributed by atoms with Gasteiger partial charge >= 0.3 is 5.97 Å². The molecule has 0 aromatic heterocycles. The summed E-state index contributed by atoms with van der Waals surface area (Å²) in [6, 6.07) is 16.6. The van der Waals surface area contributed by atoms with Gasteiger partial charge in [0.2, 0.25) is 0 Å². The van der Waals surface area contributed by atoms with E-state index in [9.17, 15) is 4.79 Å². The molecule has 1 saturated carbocycles. The highest BCUT2D eigenvalue weighted by atomic mass is 16.5. The van der Waals surface area contributed by atoms with E-state index >= 15 is 0 Å². The molecule has 27 heavy (non-hydrogen) atoms. The molecule has 0 radical (unpaired) electrons. The molecule has 2 aromatic carbocycles. The fourth-order valence-corrected chi connectivity index (χ4v) is 3.22. The first kappa shape index (κ1) is 18.8. The first-order valence-corrected chi connectivity index (χ1v) is 9.20. The molecule has 0 bridgehead atoms. The number of carbonyl (C=O) groups is 1. The molecule has 1 aliphatic rings. The number of nitrogens with zero attached hydrogens (tertiary/aromatic N) is 1. The van der Waals surface area contributed by atoms with E-state index in [1.807, 2.05) is 30.3 Å². The normalized spacial score (nSPS) is 19.1. The maximum atomic E-state index is 12.4. The van der Waals surface area contributed by atoms with Crippen LogP contribution in [0, 0.1) is 11.8 Å². The van der Waals surface area contributed by atoms with E-state index in [0.29, 0.717) is 24.0 Å². The molecular weight excluding hydrogens is 342 g/mol. The molecule has 0 spiro atoms. The quantitative estimate of drug-likeness (QED) is 0.352. The van der Waals surface area contributed by atoms with Gasteiger partial charge in [0.05, 0.1) is 5.92 Å². The van der Waals surface area contributed by atoms with Crippen molar-refractivity contribution in [2.45, 2.75) is 25.7 Å². The second kappa shape index (κ2) is 9.07. The number of aliphatic imine (C=N–C) groups is 1. The van der Waals surface area contributed by atoms with E-state index in [2.05, 4.69) is 4.99 Å². The number of rotatable bonds is 6. The fourth-order valence-electron chi connectivity index (χ4n) is 3.22. The van der Waals surface area contributed by atoms with Crippen molar-refractivity contribution >= 4 is 11.9 Å². The minimum absolute atomic E-state index is 0.0688. The summed E-state index contributed by atoms with van der Waals surface area (Å²) >= 11 is 0.